The Bertz CT molecular complexity index is 531. The van der Waals surface area contributed by atoms with Gasteiger partial charge in [-0.05, 0) is 40.4 Å². The van der Waals surface area contributed by atoms with Gasteiger partial charge in [0.15, 0.2) is 5.60 Å². The van der Waals surface area contributed by atoms with Gasteiger partial charge in [0, 0.05) is 12.5 Å². The molecule has 1 N–H and O–H groups in total. The van der Waals surface area contributed by atoms with Crippen molar-refractivity contribution in [2.24, 2.45) is 0 Å². The molecule has 0 aromatic heterocycles. The van der Waals surface area contributed by atoms with Crippen LogP contribution in [-0.4, -0.2) is 47.5 Å². The lowest BCUT2D eigenvalue weighted by Gasteiger charge is -2.23. The Hall–Kier alpha value is -1.88. The Labute approximate surface area is 131 Å². The molecule has 5 nitrogen and oxygen atoms in total. The lowest BCUT2D eigenvalue weighted by Crippen LogP contribution is -2.32. The molecule has 122 valence electrons. The molecular formula is C17H25NO4. The SMILES string of the molecule is CC/C=C/C=C/C1(C)OC(CC(C)N(C)C)=C(C(=O)O)C1=O. The van der Waals surface area contributed by atoms with Gasteiger partial charge < -0.3 is 14.7 Å². The second-order valence-corrected chi connectivity index (χ2v) is 5.85. The molecule has 0 spiro atoms. The molecule has 5 heteroatoms. The average Bonchev–Trinajstić information content (AvgIpc) is 2.66. The number of carboxylic acid groups (broad SMARTS) is 1. The van der Waals surface area contributed by atoms with E-state index in [1.165, 1.54) is 0 Å². The molecule has 22 heavy (non-hydrogen) atoms. The molecule has 1 aliphatic heterocycles. The number of hydrogen-bond acceptors (Lipinski definition) is 4. The monoisotopic (exact) mass is 307 g/mol. The van der Waals surface area contributed by atoms with E-state index >= 15 is 0 Å². The van der Waals surface area contributed by atoms with Gasteiger partial charge in [0.2, 0.25) is 5.78 Å². The summed E-state index contributed by atoms with van der Waals surface area (Å²) in [7, 11) is 3.80. The van der Waals surface area contributed by atoms with Crippen LogP contribution in [0.1, 0.15) is 33.6 Å². The minimum absolute atomic E-state index is 0.0727. The average molecular weight is 307 g/mol. The maximum atomic E-state index is 12.4. The van der Waals surface area contributed by atoms with Gasteiger partial charge in [-0.3, -0.25) is 4.79 Å². The second-order valence-electron chi connectivity index (χ2n) is 5.85. The van der Waals surface area contributed by atoms with Gasteiger partial charge in [0.05, 0.1) is 0 Å². The third-order valence-electron chi connectivity index (χ3n) is 3.77. The van der Waals surface area contributed by atoms with Gasteiger partial charge >= 0.3 is 5.97 Å². The fourth-order valence-corrected chi connectivity index (χ4v) is 2.10. The van der Waals surface area contributed by atoms with E-state index < -0.39 is 17.4 Å². The highest BCUT2D eigenvalue weighted by atomic mass is 16.5. The van der Waals surface area contributed by atoms with E-state index in [0.29, 0.717) is 6.42 Å². The zero-order valence-corrected chi connectivity index (χ0v) is 13.9. The van der Waals surface area contributed by atoms with E-state index in [2.05, 4.69) is 0 Å². The van der Waals surface area contributed by atoms with Gasteiger partial charge in [-0.15, -0.1) is 0 Å². The first-order valence-electron chi connectivity index (χ1n) is 7.44. The Morgan fingerprint density at radius 2 is 2.05 bits per heavy atom. The van der Waals surface area contributed by atoms with Crippen LogP contribution in [-0.2, 0) is 14.3 Å². The normalized spacial score (nSPS) is 23.8. The van der Waals surface area contributed by atoms with Crippen LogP contribution in [0.4, 0.5) is 0 Å². The first-order chi connectivity index (χ1) is 10.2. The molecule has 0 saturated heterocycles. The Morgan fingerprint density at radius 1 is 1.41 bits per heavy atom. The van der Waals surface area contributed by atoms with Crippen molar-refractivity contribution in [3.05, 3.63) is 35.6 Å². The molecule has 1 aliphatic rings. The van der Waals surface area contributed by atoms with Crippen molar-refractivity contribution in [2.45, 2.75) is 45.3 Å². The van der Waals surface area contributed by atoms with Crippen molar-refractivity contribution < 1.29 is 19.4 Å². The lowest BCUT2D eigenvalue weighted by atomic mass is 9.95. The van der Waals surface area contributed by atoms with Gasteiger partial charge in [-0.25, -0.2) is 4.79 Å². The lowest BCUT2D eigenvalue weighted by molar-refractivity contribution is -0.135. The highest BCUT2D eigenvalue weighted by Gasteiger charge is 2.46. The number of aliphatic carboxylic acids is 1. The molecule has 2 unspecified atom stereocenters. The van der Waals surface area contributed by atoms with E-state index in [1.54, 1.807) is 19.1 Å². The van der Waals surface area contributed by atoms with Crippen LogP contribution < -0.4 is 0 Å². The molecule has 0 radical (unpaired) electrons. The molecule has 1 heterocycles. The Morgan fingerprint density at radius 3 is 2.55 bits per heavy atom. The molecule has 0 amide bonds. The summed E-state index contributed by atoms with van der Waals surface area (Å²) < 4.78 is 5.74. The van der Waals surface area contributed by atoms with Crippen LogP contribution in [0.2, 0.25) is 0 Å². The highest BCUT2D eigenvalue weighted by molar-refractivity contribution is 6.22. The number of allylic oxidation sites excluding steroid dienone is 3. The Balaban J connectivity index is 3.04. The number of Topliss-reactive ketones (excluding diaryl/α,β-unsaturated/α-hetero) is 1. The summed E-state index contributed by atoms with van der Waals surface area (Å²) in [5, 5.41) is 9.34. The van der Waals surface area contributed by atoms with Gasteiger partial charge in [0.1, 0.15) is 11.3 Å². The summed E-state index contributed by atoms with van der Waals surface area (Å²) in [6.45, 7) is 5.56. The molecule has 1 rings (SSSR count). The third-order valence-corrected chi connectivity index (χ3v) is 3.77. The van der Waals surface area contributed by atoms with Crippen molar-refractivity contribution >= 4 is 11.8 Å². The zero-order valence-electron chi connectivity index (χ0n) is 13.9. The number of rotatable bonds is 7. The zero-order chi connectivity index (χ0) is 16.9. The number of ketones is 1. The number of carbonyl (C=O) groups is 2. The van der Waals surface area contributed by atoms with E-state index in [9.17, 15) is 14.7 Å². The molecule has 0 fully saturated rings. The van der Waals surface area contributed by atoms with Crippen LogP contribution in [0, 0.1) is 0 Å². The number of nitrogens with zero attached hydrogens (tertiary/aromatic N) is 1. The Kier molecular flexibility index (Phi) is 6.11. The van der Waals surface area contributed by atoms with Gasteiger partial charge in [-0.1, -0.05) is 25.2 Å². The van der Waals surface area contributed by atoms with Crippen molar-refractivity contribution in [3.63, 3.8) is 0 Å². The molecule has 2 atom stereocenters. The van der Waals surface area contributed by atoms with Crippen molar-refractivity contribution in [3.8, 4) is 0 Å². The molecule has 0 bridgehead atoms. The highest BCUT2D eigenvalue weighted by Crippen LogP contribution is 2.34. The fraction of sp³-hybridized carbons (Fsp3) is 0.529. The number of carboxylic acids is 1. The quantitative estimate of drug-likeness (QED) is 0.578. The first kappa shape index (κ1) is 18.2. The van der Waals surface area contributed by atoms with Crippen LogP contribution in [0.25, 0.3) is 0 Å². The summed E-state index contributed by atoms with van der Waals surface area (Å²) >= 11 is 0. The van der Waals surface area contributed by atoms with E-state index in [-0.39, 0.29) is 17.4 Å². The standard InChI is InChI=1S/C17H25NO4/c1-6-7-8-9-10-17(3)15(19)14(16(20)21)13(22-17)11-12(2)18(4)5/h7-10,12H,6,11H2,1-5H3,(H,20,21)/b8-7+,10-9+. The largest absolute Gasteiger partial charge is 0.478 e. The summed E-state index contributed by atoms with van der Waals surface area (Å²) in [6, 6.07) is 0.0727. The first-order valence-corrected chi connectivity index (χ1v) is 7.44. The molecule has 0 aliphatic carbocycles. The van der Waals surface area contributed by atoms with E-state index in [1.807, 2.05) is 45.0 Å². The van der Waals surface area contributed by atoms with E-state index in [0.717, 1.165) is 6.42 Å². The van der Waals surface area contributed by atoms with Crippen LogP contribution in [0.15, 0.2) is 35.6 Å². The van der Waals surface area contributed by atoms with Crippen molar-refractivity contribution in [2.75, 3.05) is 14.1 Å². The summed E-state index contributed by atoms with van der Waals surface area (Å²) in [5.41, 5.74) is -1.48. The summed E-state index contributed by atoms with van der Waals surface area (Å²) in [4.78, 5) is 25.8. The number of ether oxygens (including phenoxy) is 1. The smallest absolute Gasteiger partial charge is 0.342 e. The summed E-state index contributed by atoms with van der Waals surface area (Å²) in [5.74, 6) is -1.47. The minimum atomic E-state index is -1.24. The molecule has 0 aromatic rings. The van der Waals surface area contributed by atoms with E-state index in [4.69, 9.17) is 4.74 Å². The van der Waals surface area contributed by atoms with Crippen LogP contribution in [0.3, 0.4) is 0 Å². The predicted octanol–water partition coefficient (Wildman–Crippen LogP) is 2.55. The minimum Gasteiger partial charge on any atom is -0.478 e. The molecule has 0 aromatic carbocycles. The second kappa shape index (κ2) is 7.40. The number of hydrogen-bond donors (Lipinski definition) is 1. The van der Waals surface area contributed by atoms with Gasteiger partial charge in [-0.2, -0.15) is 0 Å². The summed E-state index contributed by atoms with van der Waals surface area (Å²) in [6.07, 6.45) is 8.37. The predicted molar refractivity (Wildman–Crippen MR) is 85.5 cm³/mol. The van der Waals surface area contributed by atoms with Crippen LogP contribution in [0.5, 0.6) is 0 Å². The fourth-order valence-electron chi connectivity index (χ4n) is 2.10. The van der Waals surface area contributed by atoms with Crippen molar-refractivity contribution in [1.82, 2.24) is 4.90 Å². The maximum Gasteiger partial charge on any atom is 0.342 e. The number of carbonyl (C=O) groups excluding carboxylic acids is 1. The topological polar surface area (TPSA) is 66.8 Å². The van der Waals surface area contributed by atoms with Crippen molar-refractivity contribution in [1.29, 1.82) is 0 Å². The maximum absolute atomic E-state index is 12.4. The van der Waals surface area contributed by atoms with Gasteiger partial charge in [0.25, 0.3) is 0 Å². The molecular weight excluding hydrogens is 282 g/mol. The van der Waals surface area contributed by atoms with Crippen LogP contribution >= 0.6 is 0 Å². The molecule has 0 saturated carbocycles. The third kappa shape index (κ3) is 4.07.